The van der Waals surface area contributed by atoms with Gasteiger partial charge in [0.05, 0.1) is 11.1 Å². The molecule has 0 bridgehead atoms. The average molecular weight is 200 g/mol. The molecule has 0 atom stereocenters. The minimum Gasteiger partial charge on any atom is -0.478 e. The minimum atomic E-state index is -1.15. The number of carboxylic acids is 1. The Labute approximate surface area is 78.6 Å². The van der Waals surface area contributed by atoms with Gasteiger partial charge in [0.1, 0.15) is 0 Å². The predicted molar refractivity (Wildman–Crippen MR) is 45.1 cm³/mol. The SMILES string of the molecule is O.O=C(O)c1cccc(C(=O)OO)c1. The monoisotopic (exact) mass is 200 g/mol. The fourth-order valence-corrected chi connectivity index (χ4v) is 0.832. The molecule has 0 radical (unpaired) electrons. The van der Waals surface area contributed by atoms with Gasteiger partial charge in [-0.2, -0.15) is 5.26 Å². The number of carboxylic acid groups (broad SMARTS) is 1. The Morgan fingerprint density at radius 1 is 1.21 bits per heavy atom. The molecule has 0 fully saturated rings. The van der Waals surface area contributed by atoms with Crippen molar-refractivity contribution in [1.29, 1.82) is 0 Å². The number of aromatic carboxylic acids is 1. The van der Waals surface area contributed by atoms with Gasteiger partial charge in [-0.3, -0.25) is 4.89 Å². The third-order valence-electron chi connectivity index (χ3n) is 1.43. The summed E-state index contributed by atoms with van der Waals surface area (Å²) in [5.74, 6) is -2.13. The van der Waals surface area contributed by atoms with Crippen LogP contribution in [0.3, 0.4) is 0 Å². The highest BCUT2D eigenvalue weighted by Crippen LogP contribution is 2.06. The highest BCUT2D eigenvalue weighted by atomic mass is 17.1. The van der Waals surface area contributed by atoms with Crippen molar-refractivity contribution in [2.24, 2.45) is 0 Å². The van der Waals surface area contributed by atoms with Crippen molar-refractivity contribution in [2.75, 3.05) is 0 Å². The van der Waals surface area contributed by atoms with Crippen molar-refractivity contribution in [1.82, 2.24) is 0 Å². The fraction of sp³-hybridized carbons (Fsp3) is 0. The van der Waals surface area contributed by atoms with Crippen molar-refractivity contribution >= 4 is 11.9 Å². The lowest BCUT2D eigenvalue weighted by Crippen LogP contribution is -2.04. The van der Waals surface area contributed by atoms with Crippen LogP contribution in [0.25, 0.3) is 0 Å². The van der Waals surface area contributed by atoms with Crippen LogP contribution >= 0.6 is 0 Å². The molecular weight excluding hydrogens is 192 g/mol. The zero-order chi connectivity index (χ0) is 9.84. The van der Waals surface area contributed by atoms with Gasteiger partial charge >= 0.3 is 11.9 Å². The summed E-state index contributed by atoms with van der Waals surface area (Å²) in [5, 5.41) is 16.6. The Balaban J connectivity index is 0.00000169. The van der Waals surface area contributed by atoms with Crippen LogP contribution in [-0.2, 0) is 4.89 Å². The highest BCUT2D eigenvalue weighted by Gasteiger charge is 2.09. The number of rotatable bonds is 2. The second-order valence-electron chi connectivity index (χ2n) is 2.26. The van der Waals surface area contributed by atoms with Gasteiger partial charge in [0, 0.05) is 0 Å². The molecule has 0 amide bonds. The first-order valence-electron chi connectivity index (χ1n) is 3.34. The molecule has 0 aliphatic rings. The molecule has 0 aromatic heterocycles. The number of hydrogen-bond donors (Lipinski definition) is 2. The molecule has 0 spiro atoms. The van der Waals surface area contributed by atoms with E-state index in [1.165, 1.54) is 18.2 Å². The van der Waals surface area contributed by atoms with Crippen molar-refractivity contribution in [3.05, 3.63) is 35.4 Å². The van der Waals surface area contributed by atoms with Crippen molar-refractivity contribution in [2.45, 2.75) is 0 Å². The summed E-state index contributed by atoms with van der Waals surface area (Å²) in [5.41, 5.74) is -0.0506. The van der Waals surface area contributed by atoms with E-state index in [0.717, 1.165) is 6.07 Å². The van der Waals surface area contributed by atoms with E-state index in [1.807, 2.05) is 0 Å². The molecule has 1 rings (SSSR count). The van der Waals surface area contributed by atoms with Crippen molar-refractivity contribution < 1.29 is 30.3 Å². The van der Waals surface area contributed by atoms with Gasteiger partial charge in [-0.25, -0.2) is 9.59 Å². The van der Waals surface area contributed by atoms with Gasteiger partial charge in [-0.15, -0.1) is 0 Å². The van der Waals surface area contributed by atoms with Gasteiger partial charge in [-0.1, -0.05) is 6.07 Å². The first-order valence-corrected chi connectivity index (χ1v) is 3.34. The topological polar surface area (TPSA) is 115 Å². The van der Waals surface area contributed by atoms with Gasteiger partial charge in [0.25, 0.3) is 0 Å². The lowest BCUT2D eigenvalue weighted by atomic mass is 10.1. The van der Waals surface area contributed by atoms with E-state index >= 15 is 0 Å². The molecule has 0 saturated carbocycles. The van der Waals surface area contributed by atoms with Crippen LogP contribution in [0.5, 0.6) is 0 Å². The van der Waals surface area contributed by atoms with Gasteiger partial charge in [-0.05, 0) is 18.2 Å². The van der Waals surface area contributed by atoms with Crippen molar-refractivity contribution in [3.8, 4) is 0 Å². The summed E-state index contributed by atoms with van der Waals surface area (Å²) in [6, 6.07) is 5.16. The number of carbonyl (C=O) groups is 2. The molecule has 0 aliphatic carbocycles. The van der Waals surface area contributed by atoms with Crippen LogP contribution < -0.4 is 0 Å². The second-order valence-corrected chi connectivity index (χ2v) is 2.26. The summed E-state index contributed by atoms with van der Waals surface area (Å²) in [6.07, 6.45) is 0. The molecule has 0 heterocycles. The fourth-order valence-electron chi connectivity index (χ4n) is 0.832. The van der Waals surface area contributed by atoms with Gasteiger partial charge < -0.3 is 10.6 Å². The third kappa shape index (κ3) is 2.54. The first kappa shape index (κ1) is 12.1. The van der Waals surface area contributed by atoms with Crippen LogP contribution in [0.4, 0.5) is 0 Å². The lowest BCUT2D eigenvalue weighted by Gasteiger charge is -1.97. The van der Waals surface area contributed by atoms with E-state index in [2.05, 4.69) is 4.89 Å². The summed E-state index contributed by atoms with van der Waals surface area (Å²) in [7, 11) is 0. The molecule has 6 heteroatoms. The molecule has 6 nitrogen and oxygen atoms in total. The Kier molecular flexibility index (Phi) is 4.27. The molecule has 14 heavy (non-hydrogen) atoms. The maximum atomic E-state index is 10.7. The van der Waals surface area contributed by atoms with E-state index < -0.39 is 11.9 Å². The van der Waals surface area contributed by atoms with E-state index in [1.54, 1.807) is 0 Å². The molecule has 1 aromatic carbocycles. The van der Waals surface area contributed by atoms with E-state index in [0.29, 0.717) is 0 Å². The van der Waals surface area contributed by atoms with Crippen LogP contribution in [0.2, 0.25) is 0 Å². The summed E-state index contributed by atoms with van der Waals surface area (Å²) >= 11 is 0. The average Bonchev–Trinajstić information content (AvgIpc) is 2.17. The highest BCUT2D eigenvalue weighted by molar-refractivity contribution is 5.94. The minimum absolute atomic E-state index is 0. The van der Waals surface area contributed by atoms with E-state index in [4.69, 9.17) is 10.4 Å². The van der Waals surface area contributed by atoms with Crippen LogP contribution in [0.1, 0.15) is 20.7 Å². The molecule has 0 aliphatic heterocycles. The molecule has 0 unspecified atom stereocenters. The Morgan fingerprint density at radius 3 is 2.29 bits per heavy atom. The number of hydrogen-bond acceptors (Lipinski definition) is 4. The Hall–Kier alpha value is -1.92. The number of carbonyl (C=O) groups excluding carboxylic acids is 1. The predicted octanol–water partition coefficient (Wildman–Crippen LogP) is 0.190. The Bertz CT molecular complexity index is 345. The van der Waals surface area contributed by atoms with Crippen molar-refractivity contribution in [3.63, 3.8) is 0 Å². The van der Waals surface area contributed by atoms with E-state index in [-0.39, 0.29) is 16.6 Å². The largest absolute Gasteiger partial charge is 0.478 e. The maximum absolute atomic E-state index is 10.7. The number of benzene rings is 1. The normalized spacial score (nSPS) is 8.64. The first-order chi connectivity index (χ1) is 6.15. The van der Waals surface area contributed by atoms with Crippen LogP contribution in [0.15, 0.2) is 24.3 Å². The summed E-state index contributed by atoms with van der Waals surface area (Å²) < 4.78 is 0. The van der Waals surface area contributed by atoms with Crippen LogP contribution in [0, 0.1) is 0 Å². The van der Waals surface area contributed by atoms with E-state index in [9.17, 15) is 9.59 Å². The summed E-state index contributed by atoms with van der Waals surface area (Å²) in [6.45, 7) is 0. The molecule has 0 saturated heterocycles. The molecular formula is C8H8O6. The zero-order valence-corrected chi connectivity index (χ0v) is 6.93. The molecule has 1 aromatic rings. The molecule has 4 N–H and O–H groups in total. The quantitative estimate of drug-likeness (QED) is 0.522. The third-order valence-corrected chi connectivity index (χ3v) is 1.43. The standard InChI is InChI=1S/C8H6O5.H2O/c9-7(10)5-2-1-3-6(4-5)8(11)13-12;/h1-4,12H,(H,9,10);1H2. The summed E-state index contributed by atoms with van der Waals surface area (Å²) in [4.78, 5) is 24.6. The molecule has 76 valence electrons. The lowest BCUT2D eigenvalue weighted by molar-refractivity contribution is -0.182. The Morgan fingerprint density at radius 2 is 1.79 bits per heavy atom. The van der Waals surface area contributed by atoms with Gasteiger partial charge in [0.15, 0.2) is 0 Å². The van der Waals surface area contributed by atoms with Gasteiger partial charge in [0.2, 0.25) is 0 Å². The maximum Gasteiger partial charge on any atom is 0.372 e. The smallest absolute Gasteiger partial charge is 0.372 e. The van der Waals surface area contributed by atoms with Crippen LogP contribution in [-0.4, -0.2) is 27.8 Å². The zero-order valence-electron chi connectivity index (χ0n) is 6.93. The second kappa shape index (κ2) is 4.95.